The smallest absolute Gasteiger partial charge is 0.162 e. The first-order valence-corrected chi connectivity index (χ1v) is 9.52. The number of benzene rings is 1. The number of aromatic nitrogens is 4. The Morgan fingerprint density at radius 2 is 1.96 bits per heavy atom. The number of nitrogens with zero attached hydrogens (tertiary/aromatic N) is 5. The molecule has 4 heterocycles. The standard InChI is InChI=1S/C20H17N5S/c1-2-4-19-17(3-1)16(12-26-19)11-25-6-5-18-15(10-25)9-23-20(24-18)14-7-21-13-22-8-14/h1-4,7-9,12-13H,5-6,10-11H2. The van der Waals surface area contributed by atoms with Crippen molar-refractivity contribution in [3.8, 4) is 11.4 Å². The summed E-state index contributed by atoms with van der Waals surface area (Å²) >= 11 is 1.82. The van der Waals surface area contributed by atoms with Gasteiger partial charge >= 0.3 is 0 Å². The lowest BCUT2D eigenvalue weighted by atomic mass is 10.1. The average Bonchev–Trinajstić information content (AvgIpc) is 3.11. The van der Waals surface area contributed by atoms with Crippen LogP contribution >= 0.6 is 11.3 Å². The van der Waals surface area contributed by atoms with Crippen molar-refractivity contribution in [2.24, 2.45) is 0 Å². The molecule has 5 nitrogen and oxygen atoms in total. The minimum Gasteiger partial charge on any atom is -0.294 e. The third kappa shape index (κ3) is 2.87. The Bertz CT molecular complexity index is 1060. The van der Waals surface area contributed by atoms with Crippen molar-refractivity contribution in [1.29, 1.82) is 0 Å². The second kappa shape index (κ2) is 6.55. The first kappa shape index (κ1) is 15.5. The Hall–Kier alpha value is -2.70. The van der Waals surface area contributed by atoms with E-state index in [0.29, 0.717) is 5.82 Å². The Labute approximate surface area is 155 Å². The van der Waals surface area contributed by atoms with Crippen LogP contribution in [0, 0.1) is 0 Å². The van der Waals surface area contributed by atoms with Gasteiger partial charge < -0.3 is 0 Å². The summed E-state index contributed by atoms with van der Waals surface area (Å²) in [5.74, 6) is 0.710. The van der Waals surface area contributed by atoms with Crippen molar-refractivity contribution in [2.75, 3.05) is 6.54 Å². The van der Waals surface area contributed by atoms with Gasteiger partial charge in [-0.3, -0.25) is 4.90 Å². The van der Waals surface area contributed by atoms with Crippen molar-refractivity contribution in [1.82, 2.24) is 24.8 Å². The summed E-state index contributed by atoms with van der Waals surface area (Å²) in [6, 6.07) is 8.63. The van der Waals surface area contributed by atoms with E-state index in [1.165, 1.54) is 27.5 Å². The molecule has 0 unspecified atom stereocenters. The predicted octanol–water partition coefficient (Wildman–Crippen LogP) is 3.71. The van der Waals surface area contributed by atoms with Gasteiger partial charge in [0.1, 0.15) is 6.33 Å². The molecule has 128 valence electrons. The molecule has 1 aromatic carbocycles. The fourth-order valence-electron chi connectivity index (χ4n) is 3.46. The van der Waals surface area contributed by atoms with Crippen LogP contribution in [0.15, 0.2) is 54.6 Å². The molecule has 0 saturated carbocycles. The normalized spacial score (nSPS) is 14.5. The molecule has 0 aliphatic carbocycles. The first-order valence-electron chi connectivity index (χ1n) is 8.64. The lowest BCUT2D eigenvalue weighted by Gasteiger charge is -2.27. The minimum absolute atomic E-state index is 0.710. The predicted molar refractivity (Wildman–Crippen MR) is 103 cm³/mol. The van der Waals surface area contributed by atoms with Crippen LogP contribution in [-0.2, 0) is 19.5 Å². The van der Waals surface area contributed by atoms with Crippen LogP contribution in [0.5, 0.6) is 0 Å². The van der Waals surface area contributed by atoms with E-state index >= 15 is 0 Å². The molecule has 0 bridgehead atoms. The van der Waals surface area contributed by atoms with Crippen LogP contribution in [0.2, 0.25) is 0 Å². The molecule has 26 heavy (non-hydrogen) atoms. The minimum atomic E-state index is 0.710. The summed E-state index contributed by atoms with van der Waals surface area (Å²) in [4.78, 5) is 19.9. The largest absolute Gasteiger partial charge is 0.294 e. The van der Waals surface area contributed by atoms with Crippen LogP contribution in [-0.4, -0.2) is 31.4 Å². The number of fused-ring (bicyclic) bond motifs is 2. The van der Waals surface area contributed by atoms with E-state index in [-0.39, 0.29) is 0 Å². The fourth-order valence-corrected chi connectivity index (χ4v) is 4.41. The second-order valence-corrected chi connectivity index (χ2v) is 7.42. The van der Waals surface area contributed by atoms with Crippen LogP contribution in [0.4, 0.5) is 0 Å². The molecule has 0 saturated heterocycles. The topological polar surface area (TPSA) is 54.8 Å². The second-order valence-electron chi connectivity index (χ2n) is 6.51. The van der Waals surface area contributed by atoms with Crippen LogP contribution in [0.3, 0.4) is 0 Å². The van der Waals surface area contributed by atoms with E-state index in [1.807, 2.05) is 17.5 Å². The summed E-state index contributed by atoms with van der Waals surface area (Å²) in [6.07, 6.45) is 7.94. The Morgan fingerprint density at radius 1 is 1.08 bits per heavy atom. The molecule has 0 N–H and O–H groups in total. The molecule has 1 aliphatic rings. The molecule has 4 aromatic rings. The van der Waals surface area contributed by atoms with E-state index in [2.05, 4.69) is 49.5 Å². The molecule has 0 atom stereocenters. The SMILES string of the molecule is c1ccc2c(CN3CCc4nc(-c5cncnc5)ncc4C3)csc2c1. The monoisotopic (exact) mass is 359 g/mol. The molecular formula is C20H17N5S. The van der Waals surface area contributed by atoms with E-state index in [4.69, 9.17) is 4.98 Å². The highest BCUT2D eigenvalue weighted by Gasteiger charge is 2.20. The maximum Gasteiger partial charge on any atom is 0.162 e. The molecule has 0 spiro atoms. The quantitative estimate of drug-likeness (QED) is 0.558. The summed E-state index contributed by atoms with van der Waals surface area (Å²) in [6.45, 7) is 2.88. The molecule has 0 fully saturated rings. The Morgan fingerprint density at radius 3 is 2.88 bits per heavy atom. The van der Waals surface area contributed by atoms with Crippen molar-refractivity contribution in [2.45, 2.75) is 19.5 Å². The maximum absolute atomic E-state index is 4.75. The van der Waals surface area contributed by atoms with Gasteiger partial charge in [-0.2, -0.15) is 0 Å². The van der Waals surface area contributed by atoms with Gasteiger partial charge in [0.15, 0.2) is 5.82 Å². The molecule has 3 aromatic heterocycles. The highest BCUT2D eigenvalue weighted by molar-refractivity contribution is 7.17. The summed E-state index contributed by atoms with van der Waals surface area (Å²) < 4.78 is 1.36. The van der Waals surface area contributed by atoms with Crippen LogP contribution < -0.4 is 0 Å². The molecule has 1 aliphatic heterocycles. The molecular weight excluding hydrogens is 342 g/mol. The van der Waals surface area contributed by atoms with Gasteiger partial charge in [-0.15, -0.1) is 11.3 Å². The van der Waals surface area contributed by atoms with Gasteiger partial charge in [-0.25, -0.2) is 19.9 Å². The number of thiophene rings is 1. The van der Waals surface area contributed by atoms with Gasteiger partial charge in [0, 0.05) is 54.9 Å². The highest BCUT2D eigenvalue weighted by Crippen LogP contribution is 2.28. The molecule has 5 rings (SSSR count). The lowest BCUT2D eigenvalue weighted by molar-refractivity contribution is 0.244. The van der Waals surface area contributed by atoms with Gasteiger partial charge in [0.2, 0.25) is 0 Å². The van der Waals surface area contributed by atoms with Gasteiger partial charge in [0.05, 0.1) is 11.3 Å². The van der Waals surface area contributed by atoms with E-state index in [0.717, 1.165) is 37.3 Å². The number of hydrogen-bond acceptors (Lipinski definition) is 6. The zero-order chi connectivity index (χ0) is 17.3. The number of rotatable bonds is 3. The zero-order valence-corrected chi connectivity index (χ0v) is 15.0. The molecule has 0 radical (unpaired) electrons. The Balaban J connectivity index is 1.37. The third-order valence-corrected chi connectivity index (χ3v) is 5.80. The van der Waals surface area contributed by atoms with E-state index < -0.39 is 0 Å². The first-order chi connectivity index (χ1) is 12.9. The molecule has 6 heteroatoms. The summed E-state index contributed by atoms with van der Waals surface area (Å²) in [7, 11) is 0. The van der Waals surface area contributed by atoms with E-state index in [1.54, 1.807) is 12.4 Å². The van der Waals surface area contributed by atoms with Crippen molar-refractivity contribution in [3.05, 3.63) is 71.4 Å². The molecule has 0 amide bonds. The van der Waals surface area contributed by atoms with Gasteiger partial charge in [-0.1, -0.05) is 18.2 Å². The van der Waals surface area contributed by atoms with E-state index in [9.17, 15) is 0 Å². The average molecular weight is 359 g/mol. The third-order valence-electron chi connectivity index (χ3n) is 4.79. The lowest BCUT2D eigenvalue weighted by Crippen LogP contribution is -2.30. The zero-order valence-electron chi connectivity index (χ0n) is 14.2. The Kier molecular flexibility index (Phi) is 3.92. The van der Waals surface area contributed by atoms with Crippen molar-refractivity contribution >= 4 is 21.4 Å². The van der Waals surface area contributed by atoms with Gasteiger partial charge in [-0.05, 0) is 22.4 Å². The van der Waals surface area contributed by atoms with Crippen molar-refractivity contribution in [3.63, 3.8) is 0 Å². The van der Waals surface area contributed by atoms with Crippen LogP contribution in [0.1, 0.15) is 16.8 Å². The van der Waals surface area contributed by atoms with Crippen molar-refractivity contribution < 1.29 is 0 Å². The summed E-state index contributed by atoms with van der Waals surface area (Å²) in [5, 5.41) is 3.66. The van der Waals surface area contributed by atoms with Gasteiger partial charge in [0.25, 0.3) is 0 Å². The fraction of sp³-hybridized carbons (Fsp3) is 0.200. The highest BCUT2D eigenvalue weighted by atomic mass is 32.1. The summed E-state index contributed by atoms with van der Waals surface area (Å²) in [5.41, 5.74) is 4.64. The van der Waals surface area contributed by atoms with Crippen LogP contribution in [0.25, 0.3) is 21.5 Å². The maximum atomic E-state index is 4.75. The number of hydrogen-bond donors (Lipinski definition) is 0.